The van der Waals surface area contributed by atoms with Crippen molar-refractivity contribution in [2.45, 2.75) is 62.3 Å². The highest BCUT2D eigenvalue weighted by Crippen LogP contribution is 2.47. The average Bonchev–Trinajstić information content (AvgIpc) is 2.00. The monoisotopic (exact) mass is 226 g/mol. The van der Waals surface area contributed by atoms with Crippen LogP contribution >= 0.6 is 0 Å². The molecule has 0 aliphatic carbocycles. The highest BCUT2D eigenvalue weighted by atomic mass is 16.1. The van der Waals surface area contributed by atoms with Gasteiger partial charge in [-0.15, -0.1) is 0 Å². The molecule has 0 bridgehead atoms. The van der Waals surface area contributed by atoms with Crippen molar-refractivity contribution < 1.29 is 4.79 Å². The SMILES string of the molecule is CC(C)C(C(=O)C(C)(C)C)(C(C)C)C(C)C. The largest absolute Gasteiger partial charge is 0.298 e. The van der Waals surface area contributed by atoms with E-state index in [9.17, 15) is 4.79 Å². The zero-order valence-corrected chi connectivity index (χ0v) is 12.6. The topological polar surface area (TPSA) is 17.1 Å². The van der Waals surface area contributed by atoms with Crippen LogP contribution in [0.15, 0.2) is 0 Å². The van der Waals surface area contributed by atoms with Crippen LogP contribution in [-0.2, 0) is 4.79 Å². The second-order valence-electron chi connectivity index (χ2n) is 6.98. The number of hydrogen-bond donors (Lipinski definition) is 0. The quantitative estimate of drug-likeness (QED) is 0.687. The minimum absolute atomic E-state index is 0.196. The van der Waals surface area contributed by atoms with Gasteiger partial charge in [0.15, 0.2) is 0 Å². The highest BCUT2D eigenvalue weighted by molar-refractivity contribution is 5.90. The Kier molecular flexibility index (Phi) is 4.79. The third-order valence-electron chi connectivity index (χ3n) is 3.94. The minimum Gasteiger partial charge on any atom is -0.298 e. The van der Waals surface area contributed by atoms with Crippen molar-refractivity contribution in [3.05, 3.63) is 0 Å². The Morgan fingerprint density at radius 1 is 0.750 bits per heavy atom. The lowest BCUT2D eigenvalue weighted by Gasteiger charge is -2.47. The Labute approximate surface area is 102 Å². The molecule has 1 nitrogen and oxygen atoms in total. The van der Waals surface area contributed by atoms with Gasteiger partial charge in [-0.2, -0.15) is 0 Å². The molecule has 96 valence electrons. The molecule has 0 radical (unpaired) electrons. The Morgan fingerprint density at radius 3 is 1.06 bits per heavy atom. The van der Waals surface area contributed by atoms with Crippen molar-refractivity contribution in [2.24, 2.45) is 28.6 Å². The molecule has 0 aromatic carbocycles. The molecule has 16 heavy (non-hydrogen) atoms. The molecular weight excluding hydrogens is 196 g/mol. The molecular formula is C15H30O. The Morgan fingerprint density at radius 2 is 1.00 bits per heavy atom. The minimum atomic E-state index is -0.251. The lowest BCUT2D eigenvalue weighted by atomic mass is 9.55. The molecule has 0 N–H and O–H groups in total. The third kappa shape index (κ3) is 2.49. The molecule has 0 aromatic rings. The van der Waals surface area contributed by atoms with E-state index in [1.807, 2.05) is 20.8 Å². The van der Waals surface area contributed by atoms with E-state index in [1.54, 1.807) is 0 Å². The van der Waals surface area contributed by atoms with E-state index >= 15 is 0 Å². The number of carbonyl (C=O) groups excluding carboxylic acids is 1. The van der Waals surface area contributed by atoms with Crippen LogP contribution < -0.4 is 0 Å². The fraction of sp³-hybridized carbons (Fsp3) is 0.933. The molecule has 0 atom stereocenters. The highest BCUT2D eigenvalue weighted by Gasteiger charge is 2.49. The van der Waals surface area contributed by atoms with Gasteiger partial charge in [-0.3, -0.25) is 4.79 Å². The summed E-state index contributed by atoms with van der Waals surface area (Å²) >= 11 is 0. The maximum Gasteiger partial charge on any atom is 0.145 e. The zero-order chi connectivity index (χ0) is 13.3. The van der Waals surface area contributed by atoms with Crippen molar-refractivity contribution in [3.8, 4) is 0 Å². The molecule has 0 fully saturated rings. The molecule has 0 saturated carbocycles. The van der Waals surface area contributed by atoms with Gasteiger partial charge in [0.05, 0.1) is 0 Å². The van der Waals surface area contributed by atoms with Crippen molar-refractivity contribution in [1.29, 1.82) is 0 Å². The number of hydrogen-bond acceptors (Lipinski definition) is 1. The number of carbonyl (C=O) groups is 1. The lowest BCUT2D eigenvalue weighted by molar-refractivity contribution is -0.147. The molecule has 0 amide bonds. The van der Waals surface area contributed by atoms with Gasteiger partial charge in [-0.05, 0) is 17.8 Å². The number of Topliss-reactive ketones (excluding diaryl/α,β-unsaturated/α-hetero) is 1. The van der Waals surface area contributed by atoms with Crippen LogP contribution in [0.4, 0.5) is 0 Å². The van der Waals surface area contributed by atoms with Gasteiger partial charge in [0.25, 0.3) is 0 Å². The molecule has 0 saturated heterocycles. The van der Waals surface area contributed by atoms with Crippen LogP contribution in [0, 0.1) is 28.6 Å². The summed E-state index contributed by atoms with van der Waals surface area (Å²) in [5, 5.41) is 0. The van der Waals surface area contributed by atoms with Crippen molar-refractivity contribution >= 4 is 5.78 Å². The fourth-order valence-electron chi connectivity index (χ4n) is 3.44. The van der Waals surface area contributed by atoms with Crippen molar-refractivity contribution in [1.82, 2.24) is 0 Å². The molecule has 0 aliphatic rings. The van der Waals surface area contributed by atoms with Crippen molar-refractivity contribution in [3.63, 3.8) is 0 Å². The smallest absolute Gasteiger partial charge is 0.145 e. The van der Waals surface area contributed by atoms with Crippen LogP contribution in [-0.4, -0.2) is 5.78 Å². The van der Waals surface area contributed by atoms with E-state index < -0.39 is 0 Å². The van der Waals surface area contributed by atoms with Gasteiger partial charge < -0.3 is 0 Å². The molecule has 0 heterocycles. The van der Waals surface area contributed by atoms with Gasteiger partial charge in [-0.25, -0.2) is 0 Å². The number of rotatable bonds is 4. The summed E-state index contributed by atoms with van der Waals surface area (Å²) in [5.41, 5.74) is -0.447. The first-order chi connectivity index (χ1) is 6.98. The Hall–Kier alpha value is -0.330. The van der Waals surface area contributed by atoms with E-state index in [2.05, 4.69) is 41.5 Å². The molecule has 0 aliphatic heterocycles. The van der Waals surface area contributed by atoms with E-state index in [0.29, 0.717) is 23.5 Å². The third-order valence-corrected chi connectivity index (χ3v) is 3.94. The van der Waals surface area contributed by atoms with Crippen LogP contribution in [0.25, 0.3) is 0 Å². The second kappa shape index (κ2) is 4.89. The number of ketones is 1. The summed E-state index contributed by atoms with van der Waals surface area (Å²) in [7, 11) is 0. The summed E-state index contributed by atoms with van der Waals surface area (Å²) in [6.07, 6.45) is 0. The van der Waals surface area contributed by atoms with Crippen molar-refractivity contribution in [2.75, 3.05) is 0 Å². The summed E-state index contributed by atoms with van der Waals surface area (Å²) < 4.78 is 0. The van der Waals surface area contributed by atoms with Gasteiger partial charge in [0, 0.05) is 10.8 Å². The van der Waals surface area contributed by atoms with Gasteiger partial charge in [0.2, 0.25) is 0 Å². The fourth-order valence-corrected chi connectivity index (χ4v) is 3.44. The van der Waals surface area contributed by atoms with Crippen LogP contribution in [0.1, 0.15) is 62.3 Å². The van der Waals surface area contributed by atoms with E-state index in [4.69, 9.17) is 0 Å². The molecule has 0 rings (SSSR count). The maximum absolute atomic E-state index is 12.8. The summed E-state index contributed by atoms with van der Waals surface area (Å²) in [4.78, 5) is 12.8. The second-order valence-corrected chi connectivity index (χ2v) is 6.98. The standard InChI is InChI=1S/C15H30O/c1-10(2)15(11(3)4,12(5)6)13(16)14(7,8)9/h10-12H,1-9H3. The summed E-state index contributed by atoms with van der Waals surface area (Å²) in [5.74, 6) is 1.58. The molecule has 0 aromatic heterocycles. The van der Waals surface area contributed by atoms with Gasteiger partial charge in [-0.1, -0.05) is 62.3 Å². The average molecular weight is 226 g/mol. The first kappa shape index (κ1) is 15.7. The van der Waals surface area contributed by atoms with Gasteiger partial charge in [0.1, 0.15) is 5.78 Å². The van der Waals surface area contributed by atoms with Crippen LogP contribution in [0.2, 0.25) is 0 Å². The summed E-state index contributed by atoms with van der Waals surface area (Å²) in [6, 6.07) is 0. The van der Waals surface area contributed by atoms with Crippen LogP contribution in [0.5, 0.6) is 0 Å². The Bertz CT molecular complexity index is 219. The predicted octanol–water partition coefficient (Wildman–Crippen LogP) is 4.56. The first-order valence-corrected chi connectivity index (χ1v) is 6.53. The summed E-state index contributed by atoms with van der Waals surface area (Å²) in [6.45, 7) is 19.2. The predicted molar refractivity (Wildman–Crippen MR) is 71.4 cm³/mol. The first-order valence-electron chi connectivity index (χ1n) is 6.53. The maximum atomic E-state index is 12.8. The molecule has 0 unspecified atom stereocenters. The normalized spacial score (nSPS) is 14.0. The lowest BCUT2D eigenvalue weighted by Crippen LogP contribution is -2.50. The van der Waals surface area contributed by atoms with Gasteiger partial charge >= 0.3 is 0 Å². The van der Waals surface area contributed by atoms with E-state index in [0.717, 1.165) is 0 Å². The zero-order valence-electron chi connectivity index (χ0n) is 12.6. The van der Waals surface area contributed by atoms with Crippen LogP contribution in [0.3, 0.4) is 0 Å². The molecule has 1 heteroatoms. The Balaban J connectivity index is 5.64. The molecule has 0 spiro atoms. The van der Waals surface area contributed by atoms with E-state index in [1.165, 1.54) is 0 Å². The van der Waals surface area contributed by atoms with E-state index in [-0.39, 0.29) is 10.8 Å².